The summed E-state index contributed by atoms with van der Waals surface area (Å²) in [4.78, 5) is 13.0. The van der Waals surface area contributed by atoms with E-state index in [0.717, 1.165) is 36.4 Å². The monoisotopic (exact) mass is 279 g/mol. The van der Waals surface area contributed by atoms with Gasteiger partial charge in [0, 0.05) is 18.2 Å². The molecule has 0 aromatic heterocycles. The van der Waals surface area contributed by atoms with Crippen LogP contribution in [0.3, 0.4) is 0 Å². The predicted molar refractivity (Wildman–Crippen MR) is 75.3 cm³/mol. The zero-order valence-electron chi connectivity index (χ0n) is 12.0. The van der Waals surface area contributed by atoms with Crippen LogP contribution >= 0.6 is 0 Å². The van der Waals surface area contributed by atoms with E-state index in [1.54, 1.807) is 14.2 Å². The first-order valence-electron chi connectivity index (χ1n) is 6.83. The molecule has 0 aliphatic carbocycles. The van der Waals surface area contributed by atoms with Gasteiger partial charge in [-0.3, -0.25) is 9.69 Å². The van der Waals surface area contributed by atoms with Crippen LogP contribution in [0.15, 0.2) is 18.2 Å². The number of hydrogen-bond donors (Lipinski definition) is 1. The number of methoxy groups -OCH3 is 2. The van der Waals surface area contributed by atoms with Crippen LogP contribution in [0.5, 0.6) is 11.5 Å². The minimum atomic E-state index is -0.756. The Morgan fingerprint density at radius 1 is 1.40 bits per heavy atom. The Balaban J connectivity index is 2.21. The normalized spacial score (nSPS) is 19.0. The second kappa shape index (κ2) is 6.61. The molecule has 0 unspecified atom stereocenters. The third-order valence-corrected chi connectivity index (χ3v) is 3.77. The maximum absolute atomic E-state index is 10.8. The van der Waals surface area contributed by atoms with Crippen LogP contribution in [-0.2, 0) is 4.79 Å². The van der Waals surface area contributed by atoms with Crippen molar-refractivity contribution < 1.29 is 19.4 Å². The van der Waals surface area contributed by atoms with Crippen molar-refractivity contribution in [2.75, 3.05) is 27.3 Å². The number of nitrogens with zero attached hydrogens (tertiary/aromatic N) is 1. The number of likely N-dealkylation sites (tertiary alicyclic amines) is 1. The summed E-state index contributed by atoms with van der Waals surface area (Å²) in [5.41, 5.74) is 1.08. The lowest BCUT2D eigenvalue weighted by molar-refractivity contribution is -0.137. The molecule has 1 atom stereocenters. The molecule has 0 bridgehead atoms. The molecule has 1 aromatic carbocycles. The second-order valence-electron chi connectivity index (χ2n) is 4.95. The molecule has 20 heavy (non-hydrogen) atoms. The van der Waals surface area contributed by atoms with Crippen molar-refractivity contribution in [3.05, 3.63) is 23.8 Å². The highest BCUT2D eigenvalue weighted by Crippen LogP contribution is 2.38. The molecule has 5 nitrogen and oxygen atoms in total. The van der Waals surface area contributed by atoms with Crippen molar-refractivity contribution in [1.29, 1.82) is 0 Å². The Morgan fingerprint density at radius 3 is 2.85 bits per heavy atom. The van der Waals surface area contributed by atoms with Gasteiger partial charge in [-0.2, -0.15) is 0 Å². The van der Waals surface area contributed by atoms with Gasteiger partial charge in [0.05, 0.1) is 20.6 Å². The number of hydrogen-bond acceptors (Lipinski definition) is 4. The first-order chi connectivity index (χ1) is 9.65. The van der Waals surface area contributed by atoms with Gasteiger partial charge in [0.15, 0.2) is 0 Å². The molecule has 0 amide bonds. The molecule has 1 N–H and O–H groups in total. The number of carboxylic acid groups (broad SMARTS) is 1. The molecule has 0 spiro atoms. The molecule has 0 saturated carbocycles. The summed E-state index contributed by atoms with van der Waals surface area (Å²) in [7, 11) is 3.30. The lowest BCUT2D eigenvalue weighted by Crippen LogP contribution is -2.26. The molecule has 1 aliphatic rings. The fourth-order valence-corrected chi connectivity index (χ4v) is 2.79. The van der Waals surface area contributed by atoms with E-state index in [1.165, 1.54) is 0 Å². The zero-order valence-corrected chi connectivity index (χ0v) is 12.0. The summed E-state index contributed by atoms with van der Waals surface area (Å²) in [6.07, 6.45) is 2.26. The van der Waals surface area contributed by atoms with Crippen LogP contribution < -0.4 is 9.47 Å². The molecule has 2 rings (SSSR count). The number of benzene rings is 1. The van der Waals surface area contributed by atoms with E-state index in [4.69, 9.17) is 14.6 Å². The first-order valence-corrected chi connectivity index (χ1v) is 6.83. The van der Waals surface area contributed by atoms with Gasteiger partial charge in [-0.1, -0.05) is 0 Å². The Hall–Kier alpha value is -1.75. The highest BCUT2D eigenvalue weighted by atomic mass is 16.5. The summed E-state index contributed by atoms with van der Waals surface area (Å²) in [6.45, 7) is 1.50. The van der Waals surface area contributed by atoms with Crippen LogP contribution in [0.1, 0.15) is 30.9 Å². The third-order valence-electron chi connectivity index (χ3n) is 3.77. The molecule has 110 valence electrons. The molecular weight excluding hydrogens is 258 g/mol. The average molecular weight is 279 g/mol. The molecule has 1 heterocycles. The fourth-order valence-electron chi connectivity index (χ4n) is 2.79. The van der Waals surface area contributed by atoms with Gasteiger partial charge in [0.1, 0.15) is 11.5 Å². The number of aliphatic carboxylic acids is 1. The van der Waals surface area contributed by atoms with Crippen LogP contribution in [-0.4, -0.2) is 43.3 Å². The van der Waals surface area contributed by atoms with Gasteiger partial charge in [0.25, 0.3) is 0 Å². The van der Waals surface area contributed by atoms with Gasteiger partial charge >= 0.3 is 5.97 Å². The lowest BCUT2D eigenvalue weighted by Gasteiger charge is -2.25. The number of carboxylic acids is 1. The van der Waals surface area contributed by atoms with E-state index in [1.807, 2.05) is 18.2 Å². The quantitative estimate of drug-likeness (QED) is 0.866. The maximum Gasteiger partial charge on any atom is 0.304 e. The van der Waals surface area contributed by atoms with E-state index in [0.29, 0.717) is 6.54 Å². The van der Waals surface area contributed by atoms with Gasteiger partial charge in [0.2, 0.25) is 0 Å². The smallest absolute Gasteiger partial charge is 0.304 e. The average Bonchev–Trinajstić information content (AvgIpc) is 2.92. The number of rotatable bonds is 6. The van der Waals surface area contributed by atoms with Crippen molar-refractivity contribution in [3.8, 4) is 11.5 Å². The molecule has 1 aromatic rings. The van der Waals surface area contributed by atoms with Crippen LogP contribution in [0, 0.1) is 0 Å². The predicted octanol–water partition coefficient (Wildman–Crippen LogP) is 2.32. The number of carbonyl (C=O) groups is 1. The van der Waals surface area contributed by atoms with Crippen molar-refractivity contribution in [3.63, 3.8) is 0 Å². The van der Waals surface area contributed by atoms with Gasteiger partial charge in [-0.15, -0.1) is 0 Å². The Morgan fingerprint density at radius 2 is 2.20 bits per heavy atom. The van der Waals surface area contributed by atoms with E-state index in [-0.39, 0.29) is 12.5 Å². The second-order valence-corrected chi connectivity index (χ2v) is 4.95. The van der Waals surface area contributed by atoms with E-state index >= 15 is 0 Å². The maximum atomic E-state index is 10.8. The first kappa shape index (κ1) is 14.7. The molecule has 1 saturated heterocycles. The summed E-state index contributed by atoms with van der Waals surface area (Å²) in [5, 5.41) is 8.84. The highest BCUT2D eigenvalue weighted by Gasteiger charge is 2.28. The molecule has 1 aliphatic heterocycles. The topological polar surface area (TPSA) is 59.0 Å². The summed E-state index contributed by atoms with van der Waals surface area (Å²) in [5.74, 6) is 0.872. The lowest BCUT2D eigenvalue weighted by atomic mass is 10.0. The van der Waals surface area contributed by atoms with Crippen LogP contribution in [0.4, 0.5) is 0 Å². The van der Waals surface area contributed by atoms with Crippen LogP contribution in [0.25, 0.3) is 0 Å². The van der Waals surface area contributed by atoms with Gasteiger partial charge in [-0.05, 0) is 37.6 Å². The van der Waals surface area contributed by atoms with Crippen molar-refractivity contribution in [2.45, 2.75) is 25.3 Å². The van der Waals surface area contributed by atoms with E-state index < -0.39 is 5.97 Å². The van der Waals surface area contributed by atoms with Crippen LogP contribution in [0.2, 0.25) is 0 Å². The molecule has 0 radical (unpaired) electrons. The Bertz CT molecular complexity index is 475. The van der Waals surface area contributed by atoms with Crippen molar-refractivity contribution in [1.82, 2.24) is 4.90 Å². The Labute approximate surface area is 119 Å². The summed E-state index contributed by atoms with van der Waals surface area (Å²) < 4.78 is 10.7. The van der Waals surface area contributed by atoms with Crippen molar-refractivity contribution in [2.24, 2.45) is 0 Å². The third kappa shape index (κ3) is 3.22. The Kier molecular flexibility index (Phi) is 4.84. The zero-order chi connectivity index (χ0) is 14.5. The van der Waals surface area contributed by atoms with E-state index in [2.05, 4.69) is 4.90 Å². The number of ether oxygens (including phenoxy) is 2. The highest BCUT2D eigenvalue weighted by molar-refractivity contribution is 5.66. The van der Waals surface area contributed by atoms with E-state index in [9.17, 15) is 4.79 Å². The molecule has 5 heteroatoms. The minimum absolute atomic E-state index is 0.169. The molecular formula is C15H21NO4. The van der Waals surface area contributed by atoms with Gasteiger partial charge in [-0.25, -0.2) is 0 Å². The minimum Gasteiger partial charge on any atom is -0.497 e. The SMILES string of the molecule is COc1ccc(OC)c([C@H]2CCCN2CCC(=O)O)c1. The van der Waals surface area contributed by atoms with Crippen molar-refractivity contribution >= 4 is 5.97 Å². The van der Waals surface area contributed by atoms with Gasteiger partial charge < -0.3 is 14.6 Å². The standard InChI is InChI=1S/C15H21NO4/c1-19-11-5-6-14(20-2)12(10-11)13-4-3-8-16(13)9-7-15(17)18/h5-6,10,13H,3-4,7-9H2,1-2H3,(H,17,18)/t13-/m1/s1. The summed E-state index contributed by atoms with van der Waals surface area (Å²) in [6, 6.07) is 5.97. The molecule has 1 fully saturated rings. The summed E-state index contributed by atoms with van der Waals surface area (Å²) >= 11 is 0. The largest absolute Gasteiger partial charge is 0.497 e. The fraction of sp³-hybridized carbons (Fsp3) is 0.533.